The second-order valence-electron chi connectivity index (χ2n) is 5.41. The number of halogens is 1. The summed E-state index contributed by atoms with van der Waals surface area (Å²) in [6, 6.07) is 7.08. The molecule has 3 rings (SSSR count). The van der Waals surface area contributed by atoms with Gasteiger partial charge in [0.15, 0.2) is 5.78 Å². The Balaban J connectivity index is 1.97. The number of ketones is 1. The minimum atomic E-state index is -0.404. The van der Waals surface area contributed by atoms with Crippen LogP contribution in [0.15, 0.2) is 34.9 Å². The SMILES string of the molecule is CC(=O)Oc1cccc(C(=O)C2CNc3ncc(Br)cc32)c1C. The summed E-state index contributed by atoms with van der Waals surface area (Å²) in [6.45, 7) is 3.64. The maximum atomic E-state index is 13.0. The van der Waals surface area contributed by atoms with E-state index in [9.17, 15) is 9.59 Å². The quantitative estimate of drug-likeness (QED) is 0.506. The average molecular weight is 375 g/mol. The van der Waals surface area contributed by atoms with Crippen LogP contribution in [0.4, 0.5) is 5.82 Å². The molecule has 0 amide bonds. The van der Waals surface area contributed by atoms with E-state index < -0.39 is 5.97 Å². The van der Waals surface area contributed by atoms with Crippen LogP contribution in [0.2, 0.25) is 0 Å². The van der Waals surface area contributed by atoms with Crippen molar-refractivity contribution in [2.75, 3.05) is 11.9 Å². The minimum Gasteiger partial charge on any atom is -0.426 e. The number of nitrogens with zero attached hydrogens (tertiary/aromatic N) is 1. The Morgan fingerprint density at radius 2 is 2.17 bits per heavy atom. The Morgan fingerprint density at radius 1 is 1.39 bits per heavy atom. The molecule has 2 aromatic rings. The molecule has 0 saturated carbocycles. The first-order valence-corrected chi connectivity index (χ1v) is 7.98. The van der Waals surface area contributed by atoms with Gasteiger partial charge in [0.2, 0.25) is 0 Å². The molecule has 0 bridgehead atoms. The number of hydrogen-bond donors (Lipinski definition) is 1. The number of fused-ring (bicyclic) bond motifs is 1. The summed E-state index contributed by atoms with van der Waals surface area (Å²) < 4.78 is 6.00. The smallest absolute Gasteiger partial charge is 0.308 e. The van der Waals surface area contributed by atoms with Crippen molar-refractivity contribution in [1.29, 1.82) is 0 Å². The van der Waals surface area contributed by atoms with Crippen molar-refractivity contribution in [3.05, 3.63) is 51.6 Å². The van der Waals surface area contributed by atoms with Crippen LogP contribution in [0.5, 0.6) is 5.75 Å². The summed E-state index contributed by atoms with van der Waals surface area (Å²) in [5, 5.41) is 3.16. The van der Waals surface area contributed by atoms with Crippen molar-refractivity contribution in [3.63, 3.8) is 0 Å². The molecule has 5 nitrogen and oxygen atoms in total. The highest BCUT2D eigenvalue weighted by Gasteiger charge is 2.31. The summed E-state index contributed by atoms with van der Waals surface area (Å²) in [5.74, 6) is 0.435. The lowest BCUT2D eigenvalue weighted by atomic mass is 9.91. The van der Waals surface area contributed by atoms with E-state index >= 15 is 0 Å². The predicted molar refractivity (Wildman–Crippen MR) is 90.0 cm³/mol. The number of carbonyl (C=O) groups excluding carboxylic acids is 2. The number of pyridine rings is 1. The number of anilines is 1. The second kappa shape index (κ2) is 6.12. The van der Waals surface area contributed by atoms with E-state index in [2.05, 4.69) is 26.2 Å². The monoisotopic (exact) mass is 374 g/mol. The maximum Gasteiger partial charge on any atom is 0.308 e. The first kappa shape index (κ1) is 15.7. The molecule has 0 aliphatic carbocycles. The number of nitrogens with one attached hydrogen (secondary N) is 1. The van der Waals surface area contributed by atoms with Gasteiger partial charge in [0.1, 0.15) is 11.6 Å². The summed E-state index contributed by atoms with van der Waals surface area (Å²) in [5.41, 5.74) is 2.11. The molecule has 6 heteroatoms. The molecule has 1 aliphatic heterocycles. The van der Waals surface area contributed by atoms with Crippen molar-refractivity contribution >= 4 is 33.5 Å². The highest BCUT2D eigenvalue weighted by atomic mass is 79.9. The van der Waals surface area contributed by atoms with Crippen LogP contribution in [-0.2, 0) is 4.79 Å². The van der Waals surface area contributed by atoms with Gasteiger partial charge in [-0.05, 0) is 35.0 Å². The molecule has 1 aromatic carbocycles. The fourth-order valence-corrected chi connectivity index (χ4v) is 3.09. The van der Waals surface area contributed by atoms with Crippen molar-refractivity contribution in [2.45, 2.75) is 19.8 Å². The fourth-order valence-electron chi connectivity index (χ4n) is 2.75. The molecule has 23 heavy (non-hydrogen) atoms. The lowest BCUT2D eigenvalue weighted by Crippen LogP contribution is -2.16. The van der Waals surface area contributed by atoms with Gasteiger partial charge in [-0.2, -0.15) is 0 Å². The third-order valence-corrected chi connectivity index (χ3v) is 4.29. The van der Waals surface area contributed by atoms with Gasteiger partial charge in [0.25, 0.3) is 0 Å². The zero-order valence-electron chi connectivity index (χ0n) is 12.7. The number of esters is 1. The van der Waals surface area contributed by atoms with Gasteiger partial charge in [-0.1, -0.05) is 12.1 Å². The van der Waals surface area contributed by atoms with E-state index in [0.717, 1.165) is 15.9 Å². The van der Waals surface area contributed by atoms with Gasteiger partial charge in [0.05, 0.1) is 5.92 Å². The van der Waals surface area contributed by atoms with Crippen molar-refractivity contribution in [2.24, 2.45) is 0 Å². The topological polar surface area (TPSA) is 68.3 Å². The number of ether oxygens (including phenoxy) is 1. The molecule has 0 fully saturated rings. The highest BCUT2D eigenvalue weighted by molar-refractivity contribution is 9.10. The van der Waals surface area contributed by atoms with Crippen LogP contribution in [0.25, 0.3) is 0 Å². The number of rotatable bonds is 3. The number of aromatic nitrogens is 1. The van der Waals surface area contributed by atoms with Crippen LogP contribution in [0.1, 0.15) is 34.3 Å². The van der Waals surface area contributed by atoms with E-state index in [-0.39, 0.29) is 11.7 Å². The Hall–Kier alpha value is -2.21. The second-order valence-corrected chi connectivity index (χ2v) is 6.33. The first-order valence-electron chi connectivity index (χ1n) is 7.19. The molecular weight excluding hydrogens is 360 g/mol. The molecular formula is C17H15BrN2O3. The van der Waals surface area contributed by atoms with Gasteiger partial charge in [-0.15, -0.1) is 0 Å². The van der Waals surface area contributed by atoms with Crippen molar-refractivity contribution in [1.82, 2.24) is 4.98 Å². The normalized spacial score (nSPS) is 15.7. The maximum absolute atomic E-state index is 13.0. The molecule has 118 valence electrons. The molecule has 2 heterocycles. The zero-order chi connectivity index (χ0) is 16.6. The van der Waals surface area contributed by atoms with E-state index in [1.54, 1.807) is 31.3 Å². The lowest BCUT2D eigenvalue weighted by molar-refractivity contribution is -0.131. The minimum absolute atomic E-state index is 0.0114. The summed E-state index contributed by atoms with van der Waals surface area (Å²) in [6.07, 6.45) is 1.70. The average Bonchev–Trinajstić information content (AvgIpc) is 2.91. The third-order valence-electron chi connectivity index (χ3n) is 3.85. The molecule has 0 radical (unpaired) electrons. The highest BCUT2D eigenvalue weighted by Crippen LogP contribution is 2.35. The van der Waals surface area contributed by atoms with Gasteiger partial charge in [-0.25, -0.2) is 4.98 Å². The van der Waals surface area contributed by atoms with E-state index in [4.69, 9.17) is 4.74 Å². The molecule has 0 saturated heterocycles. The Kier molecular flexibility index (Phi) is 4.17. The van der Waals surface area contributed by atoms with Crippen LogP contribution in [0.3, 0.4) is 0 Å². The predicted octanol–water partition coefficient (Wildman–Crippen LogP) is 3.47. The molecule has 0 spiro atoms. The molecule has 1 aromatic heterocycles. The van der Waals surface area contributed by atoms with Gasteiger partial charge >= 0.3 is 5.97 Å². The van der Waals surface area contributed by atoms with Gasteiger partial charge in [0, 0.05) is 40.8 Å². The van der Waals surface area contributed by atoms with E-state index in [1.165, 1.54) is 6.92 Å². The largest absolute Gasteiger partial charge is 0.426 e. The summed E-state index contributed by atoms with van der Waals surface area (Å²) in [7, 11) is 0. The molecule has 1 N–H and O–H groups in total. The number of hydrogen-bond acceptors (Lipinski definition) is 5. The third kappa shape index (κ3) is 2.99. The van der Waals surface area contributed by atoms with Crippen LogP contribution < -0.4 is 10.1 Å². The zero-order valence-corrected chi connectivity index (χ0v) is 14.3. The fraction of sp³-hybridized carbons (Fsp3) is 0.235. The summed E-state index contributed by atoms with van der Waals surface area (Å²) >= 11 is 3.39. The first-order chi connectivity index (χ1) is 11.0. The van der Waals surface area contributed by atoms with Crippen molar-refractivity contribution in [3.8, 4) is 5.75 Å². The number of carbonyl (C=O) groups is 2. The van der Waals surface area contributed by atoms with E-state index in [0.29, 0.717) is 23.4 Å². The van der Waals surface area contributed by atoms with Crippen molar-refractivity contribution < 1.29 is 14.3 Å². The lowest BCUT2D eigenvalue weighted by Gasteiger charge is -2.13. The van der Waals surface area contributed by atoms with Crippen LogP contribution >= 0.6 is 15.9 Å². The van der Waals surface area contributed by atoms with Crippen LogP contribution in [0, 0.1) is 6.92 Å². The number of benzene rings is 1. The Morgan fingerprint density at radius 3 is 2.91 bits per heavy atom. The van der Waals surface area contributed by atoms with E-state index in [1.807, 2.05) is 6.07 Å². The van der Waals surface area contributed by atoms with Gasteiger partial charge < -0.3 is 10.1 Å². The number of Topliss-reactive ketones (excluding diaryl/α,β-unsaturated/α-hetero) is 1. The van der Waals surface area contributed by atoms with Crippen LogP contribution in [-0.4, -0.2) is 23.3 Å². The summed E-state index contributed by atoms with van der Waals surface area (Å²) in [4.78, 5) is 28.4. The molecule has 1 atom stereocenters. The standard InChI is InChI=1S/C17H15BrN2O3/c1-9-12(4-3-5-15(9)23-10(2)21)16(22)14-8-20-17-13(14)6-11(18)7-19-17/h3-7,14H,8H2,1-2H3,(H,19,20). The molecule has 1 aliphatic rings. The Bertz CT molecular complexity index is 804. The Labute approximate surface area is 142 Å². The molecule has 1 unspecified atom stereocenters. The van der Waals surface area contributed by atoms with Gasteiger partial charge in [-0.3, -0.25) is 9.59 Å².